The number of nitrogens with one attached hydrogen (secondary N) is 2. The number of nitrogens with zero attached hydrogens (tertiary/aromatic N) is 4. The van der Waals surface area contributed by atoms with Crippen molar-refractivity contribution >= 4 is 160 Å². The van der Waals surface area contributed by atoms with Crippen LogP contribution < -0.4 is 10.6 Å². The van der Waals surface area contributed by atoms with Gasteiger partial charge in [-0.25, -0.2) is 19.2 Å². The monoisotopic (exact) mass is 1250 g/mol. The lowest BCUT2D eigenvalue weighted by atomic mass is 9.96. The second-order valence-corrected chi connectivity index (χ2v) is 21.7. The fourth-order valence-electron chi connectivity index (χ4n) is 9.09. The first kappa shape index (κ1) is 67.4. The van der Waals surface area contributed by atoms with Gasteiger partial charge in [-0.3, -0.25) is 19.7 Å². The number of carbonyl (C=O) groups is 5. The van der Waals surface area contributed by atoms with Gasteiger partial charge in [0.1, 0.15) is 17.7 Å². The number of rotatable bonds is 10. The first-order valence-electron chi connectivity index (χ1n) is 24.3. The summed E-state index contributed by atoms with van der Waals surface area (Å²) in [5.74, 6) is -1.34. The molecule has 0 aliphatic carbocycles. The number of methoxy groups -OCH3 is 2. The van der Waals surface area contributed by atoms with Crippen LogP contribution in [0.15, 0.2) is 104 Å². The number of hydrogen-bond acceptors (Lipinski definition) is 10. The molecular weight excluding hydrogens is 1180 g/mol. The van der Waals surface area contributed by atoms with Crippen LogP contribution in [0.3, 0.4) is 0 Å². The fourth-order valence-corrected chi connectivity index (χ4v) is 9.85. The van der Waals surface area contributed by atoms with Gasteiger partial charge >= 0.3 is 24.2 Å². The predicted octanol–water partition coefficient (Wildman–Crippen LogP) is 12.2. The molecule has 4 aromatic carbocycles. The number of hydrogen-bond donors (Lipinski definition) is 3. The second kappa shape index (κ2) is 30.5. The third-order valence-corrected chi connectivity index (χ3v) is 13.8. The smallest absolute Gasteiger partial charge is 0.410 e. The molecule has 0 radical (unpaired) electrons. The number of allylic oxidation sites excluding steroid dienone is 2. The van der Waals surface area contributed by atoms with E-state index < -0.39 is 35.8 Å². The molecule has 2 saturated heterocycles. The van der Waals surface area contributed by atoms with E-state index in [1.54, 1.807) is 13.8 Å². The maximum Gasteiger partial charge on any atom is 0.410 e. The van der Waals surface area contributed by atoms with Gasteiger partial charge in [-0.1, -0.05) is 96.0 Å². The zero-order valence-electron chi connectivity index (χ0n) is 44.5. The Balaban J connectivity index is 0.000000414. The molecule has 4 heterocycles. The van der Waals surface area contributed by atoms with Gasteiger partial charge in [0.2, 0.25) is 5.91 Å². The lowest BCUT2D eigenvalue weighted by molar-refractivity contribution is -0.140. The first-order valence-corrected chi connectivity index (χ1v) is 25.9. The number of carboxylic acid groups (broad SMARTS) is 1. The van der Waals surface area contributed by atoms with Crippen molar-refractivity contribution in [1.82, 2.24) is 20.4 Å². The third-order valence-electron chi connectivity index (χ3n) is 12.8. The van der Waals surface area contributed by atoms with Crippen LogP contribution in [0.1, 0.15) is 98.1 Å². The molecule has 76 heavy (non-hydrogen) atoms. The molecule has 4 aromatic rings. The molecule has 8 rings (SSSR count). The maximum absolute atomic E-state index is 13.3. The Kier molecular flexibility index (Phi) is 27.0. The van der Waals surface area contributed by atoms with Gasteiger partial charge in [0.25, 0.3) is 0 Å². The van der Waals surface area contributed by atoms with Gasteiger partial charge in [-0.05, 0) is 139 Å². The third kappa shape index (κ3) is 17.9. The summed E-state index contributed by atoms with van der Waals surface area (Å²) in [5.41, 5.74) is 6.31. The molecule has 416 valence electrons. The van der Waals surface area contributed by atoms with E-state index in [2.05, 4.69) is 114 Å². The summed E-state index contributed by atoms with van der Waals surface area (Å²) in [6, 6.07) is 24.1. The standard InChI is InChI=1S/C25H28BrN3O3.C23H25BrN2O2.C7H13NO4.4H2S/c1-15(2)23(28-25(31)32-3)24(30)29-10-4-5-22(29)21-13-19(14-27-21)17-6-7-18-12-20(26)9-8-16(18)11-17;1-23(2,3)28-22(27)26-10-4-5-21(26)20-13-18(14-25-20)16-6-7-17-12-19(24)9-8-15(17)11-16;1-4(2)5(6(9)10)8-7(11)12-3;;;;/h6-9,11-12,14-15,22-23H,4-5,10,13H2,1-3H3,(H,28,31);6-9,11-12,14,21H,4-5,10,13H2,1-3H3;4-5H,1-3H3,(H,8,11)(H,9,10);4*1H2/t22-,23-;21-;5-;;;;/m000..../s1. The predicted molar refractivity (Wildman–Crippen MR) is 332 cm³/mol. The summed E-state index contributed by atoms with van der Waals surface area (Å²) in [6.45, 7) is 14.4. The van der Waals surface area contributed by atoms with Crippen molar-refractivity contribution in [3.63, 3.8) is 0 Å². The maximum atomic E-state index is 13.3. The van der Waals surface area contributed by atoms with E-state index in [0.29, 0.717) is 6.54 Å². The number of fused-ring (bicyclic) bond motifs is 2. The van der Waals surface area contributed by atoms with Crippen molar-refractivity contribution in [3.8, 4) is 0 Å². The van der Waals surface area contributed by atoms with E-state index in [9.17, 15) is 24.0 Å². The topological polar surface area (TPSA) is 189 Å². The molecule has 2 fully saturated rings. The number of alkyl carbamates (subject to hydrolysis) is 2. The number of aliphatic imine (C=N–C) groups is 2. The van der Waals surface area contributed by atoms with Crippen LogP contribution >= 0.6 is 85.8 Å². The molecule has 0 saturated carbocycles. The van der Waals surface area contributed by atoms with E-state index in [4.69, 9.17) is 24.6 Å². The number of carboxylic acids is 1. The van der Waals surface area contributed by atoms with Crippen LogP contribution in [0, 0.1) is 11.8 Å². The van der Waals surface area contributed by atoms with E-state index >= 15 is 0 Å². The van der Waals surface area contributed by atoms with Crippen molar-refractivity contribution in [1.29, 1.82) is 0 Å². The quantitative estimate of drug-likeness (QED) is 0.130. The van der Waals surface area contributed by atoms with E-state index in [1.807, 2.05) is 62.9 Å². The van der Waals surface area contributed by atoms with Gasteiger partial charge in [0.05, 0.1) is 26.3 Å². The number of likely N-dealkylation sites (tertiary alicyclic amines) is 2. The van der Waals surface area contributed by atoms with Crippen molar-refractivity contribution in [2.24, 2.45) is 21.8 Å². The Hall–Kier alpha value is -4.67. The Morgan fingerprint density at radius 1 is 0.618 bits per heavy atom. The molecule has 4 aliphatic rings. The van der Waals surface area contributed by atoms with E-state index in [0.717, 1.165) is 76.6 Å². The van der Waals surface area contributed by atoms with Crippen molar-refractivity contribution in [2.75, 3.05) is 27.3 Å². The van der Waals surface area contributed by atoms with Crippen molar-refractivity contribution < 1.29 is 43.3 Å². The number of aliphatic carboxylic acids is 1. The summed E-state index contributed by atoms with van der Waals surface area (Å²) >= 11 is 7.05. The minimum Gasteiger partial charge on any atom is -0.480 e. The summed E-state index contributed by atoms with van der Waals surface area (Å²) in [7, 11) is 2.50. The van der Waals surface area contributed by atoms with Crippen molar-refractivity contribution in [2.45, 2.75) is 117 Å². The van der Waals surface area contributed by atoms with Crippen LogP contribution in [0.2, 0.25) is 0 Å². The Labute approximate surface area is 491 Å². The highest BCUT2D eigenvalue weighted by atomic mass is 79.9. The molecular formula is C55H74Br2N6O9S4. The Morgan fingerprint density at radius 2 is 1.01 bits per heavy atom. The molecule has 0 unspecified atom stereocenters. The molecule has 4 aliphatic heterocycles. The summed E-state index contributed by atoms with van der Waals surface area (Å²) in [5, 5.41) is 18.3. The molecule has 4 atom stereocenters. The average Bonchev–Trinajstić information content (AvgIpc) is 4.19. The minimum absolute atomic E-state index is 0. The largest absolute Gasteiger partial charge is 0.480 e. The van der Waals surface area contributed by atoms with Crippen LogP contribution in [0.25, 0.3) is 32.7 Å². The number of ether oxygens (including phenoxy) is 3. The number of amides is 4. The lowest BCUT2D eigenvalue weighted by Crippen LogP contribution is -2.53. The minimum atomic E-state index is -1.06. The van der Waals surface area contributed by atoms with E-state index in [-0.39, 0.29) is 89.9 Å². The van der Waals surface area contributed by atoms with Crippen LogP contribution in [0.5, 0.6) is 0 Å². The molecule has 21 heteroatoms. The Morgan fingerprint density at radius 3 is 1.42 bits per heavy atom. The fraction of sp³-hybridized carbons (Fsp3) is 0.436. The van der Waals surface area contributed by atoms with Gasteiger partial charge in [0.15, 0.2) is 0 Å². The molecule has 0 aromatic heterocycles. The normalized spacial score (nSPS) is 17.3. The average molecular weight is 1250 g/mol. The second-order valence-electron chi connectivity index (χ2n) is 19.9. The molecule has 4 amide bonds. The van der Waals surface area contributed by atoms with Gasteiger partial charge in [-0.2, -0.15) is 54.0 Å². The zero-order valence-corrected chi connectivity index (χ0v) is 51.6. The summed E-state index contributed by atoms with van der Waals surface area (Å²) in [6.07, 6.45) is 7.62. The van der Waals surface area contributed by atoms with Crippen LogP contribution in [-0.4, -0.2) is 114 Å². The number of benzene rings is 4. The van der Waals surface area contributed by atoms with Crippen LogP contribution in [-0.2, 0) is 23.8 Å². The SMILES string of the molecule is CC(C)(C)OC(=O)N1CCC[C@H]1C1=NC=C(c2ccc3cc(Br)ccc3c2)C1.COC(=O)N[C@H](C(=O)N1CCC[C@H]1C1=NC=C(c2ccc3cc(Br)ccc3c2)C1)C(C)C.COC(=O)N[C@H](C(=O)O)C(C)C.S.S.S.S. The van der Waals surface area contributed by atoms with E-state index in [1.165, 1.54) is 46.9 Å². The highest BCUT2D eigenvalue weighted by Crippen LogP contribution is 2.34. The Bertz CT molecular complexity index is 2820. The molecule has 0 spiro atoms. The summed E-state index contributed by atoms with van der Waals surface area (Å²) < 4.78 is 16.7. The van der Waals surface area contributed by atoms with Gasteiger partial charge in [-0.15, -0.1) is 0 Å². The first-order chi connectivity index (χ1) is 34.2. The van der Waals surface area contributed by atoms with Gasteiger partial charge < -0.3 is 34.9 Å². The molecule has 3 N–H and O–H groups in total. The zero-order chi connectivity index (χ0) is 52.4. The molecule has 0 bridgehead atoms. The number of carbonyl (C=O) groups excluding carboxylic acids is 4. The highest BCUT2D eigenvalue weighted by Gasteiger charge is 2.39. The molecule has 15 nitrogen and oxygen atoms in total. The summed E-state index contributed by atoms with van der Waals surface area (Å²) in [4.78, 5) is 72.0. The van der Waals surface area contributed by atoms with Crippen molar-refractivity contribution in [3.05, 3.63) is 105 Å². The van der Waals surface area contributed by atoms with Gasteiger partial charge in [0, 0.05) is 58.7 Å². The number of halogens is 2. The lowest BCUT2D eigenvalue weighted by Gasteiger charge is -2.31. The van der Waals surface area contributed by atoms with Crippen LogP contribution in [0.4, 0.5) is 14.4 Å². The highest BCUT2D eigenvalue weighted by molar-refractivity contribution is 9.10.